The third-order valence-electron chi connectivity index (χ3n) is 3.68. The maximum Gasteiger partial charge on any atom is 0.261 e. The summed E-state index contributed by atoms with van der Waals surface area (Å²) < 4.78 is 0. The molecule has 4 nitrogen and oxygen atoms in total. The van der Waals surface area contributed by atoms with Gasteiger partial charge in [0.05, 0.1) is 0 Å². The molecule has 20 heavy (non-hydrogen) atoms. The Labute approximate surface area is 121 Å². The summed E-state index contributed by atoms with van der Waals surface area (Å²) in [7, 11) is 1.65. The zero-order valence-corrected chi connectivity index (χ0v) is 12.1. The molecule has 1 aromatic heterocycles. The number of benzene rings is 1. The number of hydrogen-bond donors (Lipinski definition) is 1. The van der Waals surface area contributed by atoms with Gasteiger partial charge < -0.3 is 5.73 Å². The minimum absolute atomic E-state index is 0.0996. The van der Waals surface area contributed by atoms with Crippen molar-refractivity contribution in [3.05, 3.63) is 46.7 Å². The summed E-state index contributed by atoms with van der Waals surface area (Å²) in [5, 5.41) is 4.12. The molecule has 0 saturated heterocycles. The van der Waals surface area contributed by atoms with E-state index in [1.54, 1.807) is 25.3 Å². The first-order chi connectivity index (χ1) is 9.52. The molecule has 5 heteroatoms. The van der Waals surface area contributed by atoms with E-state index in [1.165, 1.54) is 4.90 Å². The molecular formula is C15H15N3OS. The maximum atomic E-state index is 12.4. The number of aliphatic imine (C=N–C) groups is 1. The van der Waals surface area contributed by atoms with Crippen molar-refractivity contribution in [1.29, 1.82) is 0 Å². The van der Waals surface area contributed by atoms with Gasteiger partial charge in [0.2, 0.25) is 0 Å². The number of carbonyl (C=O) groups is 1. The van der Waals surface area contributed by atoms with Crippen LogP contribution in [-0.4, -0.2) is 23.8 Å². The molecule has 0 spiro atoms. The molecular weight excluding hydrogens is 270 g/mol. The Bertz CT molecular complexity index is 693. The number of hydrogen-bond acceptors (Lipinski definition) is 4. The van der Waals surface area contributed by atoms with Gasteiger partial charge in [-0.1, -0.05) is 18.2 Å². The third kappa shape index (κ3) is 1.82. The molecule has 2 aromatic rings. The number of amides is 1. The van der Waals surface area contributed by atoms with Crippen molar-refractivity contribution in [2.75, 3.05) is 7.05 Å². The molecule has 1 atom stereocenters. The lowest BCUT2D eigenvalue weighted by atomic mass is 9.90. The number of nitrogens with zero attached hydrogens (tertiary/aromatic N) is 2. The maximum absolute atomic E-state index is 12.4. The van der Waals surface area contributed by atoms with E-state index in [0.717, 1.165) is 16.7 Å². The van der Waals surface area contributed by atoms with E-state index in [0.29, 0.717) is 0 Å². The summed E-state index contributed by atoms with van der Waals surface area (Å²) in [5.41, 5.74) is 7.94. The zero-order valence-electron chi connectivity index (χ0n) is 11.3. The monoisotopic (exact) mass is 285 g/mol. The quantitative estimate of drug-likeness (QED) is 0.921. The molecule has 0 saturated carbocycles. The van der Waals surface area contributed by atoms with Crippen molar-refractivity contribution in [1.82, 2.24) is 4.90 Å². The first-order valence-electron chi connectivity index (χ1n) is 6.29. The molecule has 1 aliphatic rings. The van der Waals surface area contributed by atoms with Crippen molar-refractivity contribution in [3.63, 3.8) is 0 Å². The molecule has 1 aliphatic heterocycles. The van der Waals surface area contributed by atoms with Gasteiger partial charge >= 0.3 is 0 Å². The van der Waals surface area contributed by atoms with Crippen LogP contribution in [0.4, 0.5) is 0 Å². The Hall–Kier alpha value is -2.14. The predicted molar refractivity (Wildman–Crippen MR) is 81.5 cm³/mol. The summed E-state index contributed by atoms with van der Waals surface area (Å²) in [6.07, 6.45) is 0. The van der Waals surface area contributed by atoms with Gasteiger partial charge in [0, 0.05) is 7.05 Å². The van der Waals surface area contributed by atoms with E-state index < -0.39 is 5.54 Å². The lowest BCUT2D eigenvalue weighted by molar-refractivity contribution is -0.130. The average Bonchev–Trinajstić information content (AvgIpc) is 3.05. The molecule has 0 radical (unpaired) electrons. The molecule has 0 bridgehead atoms. The van der Waals surface area contributed by atoms with Gasteiger partial charge in [-0.15, -0.1) is 0 Å². The molecule has 0 fully saturated rings. The zero-order chi connectivity index (χ0) is 14.3. The third-order valence-corrected chi connectivity index (χ3v) is 4.37. The second-order valence-corrected chi connectivity index (χ2v) is 5.78. The number of carbonyl (C=O) groups excluding carboxylic acids is 1. The molecule has 2 heterocycles. The molecule has 1 amide bonds. The highest BCUT2D eigenvalue weighted by atomic mass is 32.1. The fraction of sp³-hybridized carbons (Fsp3) is 0.200. The SMILES string of the molecule is CN1C(=O)[C@](C)(c2cccc(-c3ccsc3)c2)N=C1N. The molecule has 0 aliphatic carbocycles. The van der Waals surface area contributed by atoms with Crippen molar-refractivity contribution < 1.29 is 4.79 Å². The summed E-state index contributed by atoms with van der Waals surface area (Å²) in [4.78, 5) is 18.1. The Morgan fingerprint density at radius 3 is 2.70 bits per heavy atom. The average molecular weight is 285 g/mol. The molecule has 102 valence electrons. The van der Waals surface area contributed by atoms with Crippen molar-refractivity contribution in [3.8, 4) is 11.1 Å². The van der Waals surface area contributed by atoms with Crippen molar-refractivity contribution in [2.24, 2.45) is 10.7 Å². The Balaban J connectivity index is 2.08. The summed E-state index contributed by atoms with van der Waals surface area (Å²) >= 11 is 1.65. The van der Waals surface area contributed by atoms with Crippen LogP contribution in [0.3, 0.4) is 0 Å². The van der Waals surface area contributed by atoms with Gasteiger partial charge in [0.25, 0.3) is 5.91 Å². The highest BCUT2D eigenvalue weighted by Crippen LogP contribution is 2.34. The van der Waals surface area contributed by atoms with Gasteiger partial charge in [-0.3, -0.25) is 9.69 Å². The topological polar surface area (TPSA) is 58.7 Å². The van der Waals surface area contributed by atoms with Crippen LogP contribution in [0.1, 0.15) is 12.5 Å². The Morgan fingerprint density at radius 1 is 1.30 bits per heavy atom. The number of thiophene rings is 1. The van der Waals surface area contributed by atoms with Crippen LogP contribution in [0.25, 0.3) is 11.1 Å². The van der Waals surface area contributed by atoms with Gasteiger partial charge in [-0.25, -0.2) is 4.99 Å². The van der Waals surface area contributed by atoms with Crippen LogP contribution in [0, 0.1) is 0 Å². The number of guanidine groups is 1. The lowest BCUT2D eigenvalue weighted by Gasteiger charge is -2.20. The first-order valence-corrected chi connectivity index (χ1v) is 7.23. The van der Waals surface area contributed by atoms with E-state index >= 15 is 0 Å². The van der Waals surface area contributed by atoms with Crippen LogP contribution >= 0.6 is 11.3 Å². The predicted octanol–water partition coefficient (Wildman–Crippen LogP) is 2.42. The normalized spacial score (nSPS) is 22.2. The smallest absolute Gasteiger partial charge is 0.261 e. The van der Waals surface area contributed by atoms with Crippen LogP contribution in [0.2, 0.25) is 0 Å². The molecule has 1 aromatic carbocycles. The second kappa shape index (κ2) is 4.45. The largest absolute Gasteiger partial charge is 0.369 e. The van der Waals surface area contributed by atoms with Crippen molar-refractivity contribution in [2.45, 2.75) is 12.5 Å². The van der Waals surface area contributed by atoms with Gasteiger partial charge in [0.1, 0.15) is 0 Å². The van der Waals surface area contributed by atoms with Crippen LogP contribution in [-0.2, 0) is 10.3 Å². The summed E-state index contributed by atoms with van der Waals surface area (Å²) in [6.45, 7) is 1.80. The molecule has 3 rings (SSSR count). The molecule has 2 N–H and O–H groups in total. The Morgan fingerprint density at radius 2 is 2.10 bits per heavy atom. The van der Waals surface area contributed by atoms with E-state index in [9.17, 15) is 4.79 Å². The van der Waals surface area contributed by atoms with Crippen LogP contribution in [0.5, 0.6) is 0 Å². The van der Waals surface area contributed by atoms with Gasteiger partial charge in [0.15, 0.2) is 11.5 Å². The van der Waals surface area contributed by atoms with E-state index in [2.05, 4.69) is 16.4 Å². The van der Waals surface area contributed by atoms with E-state index in [4.69, 9.17) is 5.73 Å². The van der Waals surface area contributed by atoms with Crippen LogP contribution in [0.15, 0.2) is 46.1 Å². The number of rotatable bonds is 2. The van der Waals surface area contributed by atoms with E-state index in [-0.39, 0.29) is 11.9 Å². The van der Waals surface area contributed by atoms with E-state index in [1.807, 2.05) is 29.6 Å². The summed E-state index contributed by atoms with van der Waals surface area (Å²) in [5.74, 6) is 0.163. The Kier molecular flexibility index (Phi) is 2.87. The highest BCUT2D eigenvalue weighted by Gasteiger charge is 2.43. The number of nitrogens with two attached hydrogens (primary N) is 1. The second-order valence-electron chi connectivity index (χ2n) is 5.00. The van der Waals surface area contributed by atoms with Gasteiger partial charge in [-0.05, 0) is 46.5 Å². The van der Waals surface area contributed by atoms with Crippen LogP contribution < -0.4 is 5.73 Å². The number of likely N-dealkylation sites (N-methyl/N-ethyl adjacent to an activating group) is 1. The lowest BCUT2D eigenvalue weighted by Crippen LogP contribution is -2.38. The van der Waals surface area contributed by atoms with Crippen molar-refractivity contribution >= 4 is 23.2 Å². The molecule has 0 unspecified atom stereocenters. The van der Waals surface area contributed by atoms with Gasteiger partial charge in [-0.2, -0.15) is 11.3 Å². The fourth-order valence-corrected chi connectivity index (χ4v) is 3.07. The fourth-order valence-electron chi connectivity index (χ4n) is 2.40. The minimum Gasteiger partial charge on any atom is -0.369 e. The minimum atomic E-state index is -0.926. The first kappa shape index (κ1) is 12.9. The highest BCUT2D eigenvalue weighted by molar-refractivity contribution is 7.08. The summed E-state index contributed by atoms with van der Waals surface area (Å²) in [6, 6.07) is 9.97. The standard InChI is InChI=1S/C15H15N3OS/c1-15(13(19)18(2)14(16)17-15)12-5-3-4-10(8-12)11-6-7-20-9-11/h3-9H,1-2H3,(H2,16,17)/t15-/m0/s1.